The summed E-state index contributed by atoms with van der Waals surface area (Å²) in [5.74, 6) is 0.0106. The van der Waals surface area contributed by atoms with Gasteiger partial charge in [0.05, 0.1) is 0 Å². The number of amides is 1. The molecular weight excluding hydrogens is 414 g/mol. The summed E-state index contributed by atoms with van der Waals surface area (Å²) in [7, 11) is -2.01. The van der Waals surface area contributed by atoms with Gasteiger partial charge < -0.3 is 9.64 Å². The number of aromatic nitrogens is 2. The molecule has 1 aromatic heterocycles. The Labute approximate surface area is 182 Å². The lowest BCUT2D eigenvalue weighted by atomic mass is 10.1. The summed E-state index contributed by atoms with van der Waals surface area (Å²) in [4.78, 5) is 22.7. The average Bonchev–Trinajstić information content (AvgIpc) is 2.67. The second-order valence-electron chi connectivity index (χ2n) is 7.67. The number of nitrogens with zero attached hydrogens (tertiary/aromatic N) is 3. The van der Waals surface area contributed by atoms with Gasteiger partial charge in [-0.2, -0.15) is 4.98 Å². The third kappa shape index (κ3) is 5.46. The number of hydrogen-bond donors (Lipinski definition) is 0. The van der Waals surface area contributed by atoms with Crippen molar-refractivity contribution in [2.75, 3.05) is 13.3 Å². The highest BCUT2D eigenvalue weighted by molar-refractivity contribution is 7.90. The highest BCUT2D eigenvalue weighted by Gasteiger charge is 2.23. The molecule has 7 nitrogen and oxygen atoms in total. The molecule has 0 radical (unpaired) electrons. The van der Waals surface area contributed by atoms with Crippen molar-refractivity contribution in [1.82, 2.24) is 14.9 Å². The highest BCUT2D eigenvalue weighted by Crippen LogP contribution is 2.27. The van der Waals surface area contributed by atoms with Gasteiger partial charge in [0.2, 0.25) is 20.9 Å². The maximum atomic E-state index is 13.2. The van der Waals surface area contributed by atoms with Crippen LogP contribution < -0.4 is 4.74 Å². The summed E-state index contributed by atoms with van der Waals surface area (Å²) >= 11 is 0. The summed E-state index contributed by atoms with van der Waals surface area (Å²) in [6, 6.07) is 13.3. The van der Waals surface area contributed by atoms with Crippen LogP contribution in [0.5, 0.6) is 11.6 Å². The first-order valence-electron chi connectivity index (χ1n) is 9.68. The van der Waals surface area contributed by atoms with E-state index in [-0.39, 0.29) is 17.4 Å². The van der Waals surface area contributed by atoms with E-state index in [1.165, 1.54) is 11.1 Å². The van der Waals surface area contributed by atoms with Crippen LogP contribution in [-0.4, -0.2) is 42.5 Å². The predicted molar refractivity (Wildman–Crippen MR) is 118 cm³/mol. The molecule has 8 heteroatoms. The normalized spacial score (nSPS) is 11.3. The van der Waals surface area contributed by atoms with Crippen molar-refractivity contribution in [3.63, 3.8) is 0 Å². The number of sulfone groups is 1. The van der Waals surface area contributed by atoms with Crippen molar-refractivity contribution in [2.45, 2.75) is 32.5 Å². The molecule has 0 bridgehead atoms. The first kappa shape index (κ1) is 22.4. The van der Waals surface area contributed by atoms with E-state index in [9.17, 15) is 13.2 Å². The van der Waals surface area contributed by atoms with Gasteiger partial charge in [-0.3, -0.25) is 4.79 Å². The van der Waals surface area contributed by atoms with Crippen molar-refractivity contribution in [3.8, 4) is 11.6 Å². The quantitative estimate of drug-likeness (QED) is 0.542. The molecule has 1 amide bonds. The fourth-order valence-electron chi connectivity index (χ4n) is 3.24. The number of rotatable bonds is 6. The lowest BCUT2D eigenvalue weighted by Gasteiger charge is -2.19. The van der Waals surface area contributed by atoms with Crippen LogP contribution in [0.2, 0.25) is 0 Å². The molecule has 0 unspecified atom stereocenters. The van der Waals surface area contributed by atoms with E-state index in [1.807, 2.05) is 45.0 Å². The molecule has 162 valence electrons. The van der Waals surface area contributed by atoms with E-state index < -0.39 is 15.0 Å². The molecule has 0 aliphatic rings. The highest BCUT2D eigenvalue weighted by atomic mass is 32.2. The molecule has 0 atom stereocenters. The van der Waals surface area contributed by atoms with E-state index in [1.54, 1.807) is 19.2 Å². The van der Waals surface area contributed by atoms with Crippen LogP contribution in [0.3, 0.4) is 0 Å². The number of ether oxygens (including phenoxy) is 1. The Morgan fingerprint density at radius 3 is 2.32 bits per heavy atom. The summed E-state index contributed by atoms with van der Waals surface area (Å²) in [5.41, 5.74) is 4.12. The predicted octanol–water partition coefficient (Wildman–Crippen LogP) is 3.87. The smallest absolute Gasteiger partial charge is 0.260 e. The van der Waals surface area contributed by atoms with Crippen LogP contribution in [0, 0.1) is 20.8 Å². The van der Waals surface area contributed by atoms with Crippen LogP contribution in [-0.2, 0) is 16.4 Å². The van der Waals surface area contributed by atoms with E-state index in [0.717, 1.165) is 28.5 Å². The third-order valence-corrected chi connectivity index (χ3v) is 5.50. The Morgan fingerprint density at radius 1 is 1.06 bits per heavy atom. The minimum atomic E-state index is -3.68. The zero-order valence-electron chi connectivity index (χ0n) is 18.2. The second-order valence-corrected chi connectivity index (χ2v) is 9.58. The zero-order valence-corrected chi connectivity index (χ0v) is 19.0. The summed E-state index contributed by atoms with van der Waals surface area (Å²) < 4.78 is 29.8. The van der Waals surface area contributed by atoms with Crippen LogP contribution in [0.1, 0.15) is 32.6 Å². The maximum absolute atomic E-state index is 13.2. The van der Waals surface area contributed by atoms with Gasteiger partial charge in [-0.15, -0.1) is 0 Å². The van der Waals surface area contributed by atoms with Crippen molar-refractivity contribution in [3.05, 3.63) is 76.5 Å². The van der Waals surface area contributed by atoms with Gasteiger partial charge >= 0.3 is 0 Å². The third-order valence-electron chi connectivity index (χ3n) is 4.64. The number of aryl methyl sites for hydroxylation is 3. The Kier molecular flexibility index (Phi) is 6.40. The summed E-state index contributed by atoms with van der Waals surface area (Å²) in [6.07, 6.45) is 2.21. The number of carbonyl (C=O) groups excluding carboxylic acids is 1. The van der Waals surface area contributed by atoms with E-state index in [2.05, 4.69) is 16.0 Å². The Hall–Kier alpha value is -3.26. The number of benzene rings is 2. The lowest BCUT2D eigenvalue weighted by Crippen LogP contribution is -2.27. The fraction of sp³-hybridized carbons (Fsp3) is 0.261. The summed E-state index contributed by atoms with van der Waals surface area (Å²) in [6.45, 7) is 6.23. The monoisotopic (exact) mass is 439 g/mol. The van der Waals surface area contributed by atoms with Gasteiger partial charge in [0.15, 0.2) is 0 Å². The van der Waals surface area contributed by atoms with Gasteiger partial charge in [-0.1, -0.05) is 47.5 Å². The molecule has 1 heterocycles. The molecule has 0 fully saturated rings. The lowest BCUT2D eigenvalue weighted by molar-refractivity contribution is 0.0780. The molecule has 0 saturated carbocycles. The van der Waals surface area contributed by atoms with Gasteiger partial charge in [0.1, 0.15) is 11.3 Å². The van der Waals surface area contributed by atoms with Gasteiger partial charge in [0.25, 0.3) is 5.91 Å². The molecule has 0 N–H and O–H groups in total. The Bertz CT molecular complexity index is 1220. The van der Waals surface area contributed by atoms with Gasteiger partial charge in [-0.25, -0.2) is 13.4 Å². The van der Waals surface area contributed by atoms with Crippen molar-refractivity contribution in [2.24, 2.45) is 0 Å². The minimum absolute atomic E-state index is 0.0857. The van der Waals surface area contributed by atoms with E-state index in [0.29, 0.717) is 12.3 Å². The van der Waals surface area contributed by atoms with Crippen LogP contribution in [0.4, 0.5) is 0 Å². The molecule has 0 saturated heterocycles. The molecular formula is C23H25N3O4S. The molecule has 0 spiro atoms. The standard InChI is InChI=1S/C23H25N3O4S/c1-15-10-16(2)12-18(11-15)14-26(4)22(27)19-13-24-23(31(5,28)29)25-21(19)30-20-9-7-6-8-17(20)3/h6-13H,14H2,1-5H3. The molecule has 0 aliphatic carbocycles. The van der Waals surface area contributed by atoms with Crippen LogP contribution in [0.25, 0.3) is 0 Å². The minimum Gasteiger partial charge on any atom is -0.438 e. The van der Waals surface area contributed by atoms with Crippen molar-refractivity contribution < 1.29 is 17.9 Å². The summed E-state index contributed by atoms with van der Waals surface area (Å²) in [5, 5.41) is -0.399. The molecule has 0 aliphatic heterocycles. The molecule has 31 heavy (non-hydrogen) atoms. The maximum Gasteiger partial charge on any atom is 0.260 e. The Morgan fingerprint density at radius 2 is 1.71 bits per heavy atom. The van der Waals surface area contributed by atoms with E-state index in [4.69, 9.17) is 4.74 Å². The first-order chi connectivity index (χ1) is 14.5. The van der Waals surface area contributed by atoms with Gasteiger partial charge in [0, 0.05) is 26.0 Å². The SMILES string of the molecule is Cc1cc(C)cc(CN(C)C(=O)c2cnc(S(C)(=O)=O)nc2Oc2ccccc2C)c1. The van der Waals surface area contributed by atoms with Crippen LogP contribution in [0.15, 0.2) is 53.8 Å². The first-order valence-corrected chi connectivity index (χ1v) is 11.6. The van der Waals surface area contributed by atoms with Crippen molar-refractivity contribution >= 4 is 15.7 Å². The average molecular weight is 440 g/mol. The molecule has 3 aromatic rings. The largest absolute Gasteiger partial charge is 0.438 e. The fourth-order valence-corrected chi connectivity index (χ4v) is 3.73. The Balaban J connectivity index is 1.98. The van der Waals surface area contributed by atoms with Gasteiger partial charge in [-0.05, 0) is 38.0 Å². The number of hydrogen-bond acceptors (Lipinski definition) is 6. The van der Waals surface area contributed by atoms with Crippen LogP contribution >= 0.6 is 0 Å². The molecule has 2 aromatic carbocycles. The zero-order chi connectivity index (χ0) is 22.8. The number of para-hydroxylation sites is 1. The van der Waals surface area contributed by atoms with E-state index >= 15 is 0 Å². The second kappa shape index (κ2) is 8.85. The number of carbonyl (C=O) groups is 1. The molecule has 3 rings (SSSR count). The topological polar surface area (TPSA) is 89.5 Å². The van der Waals surface area contributed by atoms with Crippen molar-refractivity contribution in [1.29, 1.82) is 0 Å².